The molecule has 2 rings (SSSR count). The van der Waals surface area contributed by atoms with Gasteiger partial charge in [0.1, 0.15) is 0 Å². The minimum atomic E-state index is -0.837. The van der Waals surface area contributed by atoms with Crippen LogP contribution in [0.5, 0.6) is 0 Å². The molecule has 3 atom stereocenters. The van der Waals surface area contributed by atoms with Gasteiger partial charge in [0.25, 0.3) is 0 Å². The van der Waals surface area contributed by atoms with Crippen LogP contribution in [0.2, 0.25) is 0 Å². The number of hydrogen-bond donors (Lipinski definition) is 0. The fourth-order valence-electron chi connectivity index (χ4n) is 2.40. The summed E-state index contributed by atoms with van der Waals surface area (Å²) in [7, 11) is 0. The van der Waals surface area contributed by atoms with E-state index in [-0.39, 0.29) is 23.7 Å². The number of imide groups is 1. The van der Waals surface area contributed by atoms with Crippen molar-refractivity contribution in [2.75, 3.05) is 6.61 Å². The number of rotatable bonds is 5. The van der Waals surface area contributed by atoms with E-state index in [2.05, 4.69) is 6.58 Å². The first-order chi connectivity index (χ1) is 8.70. The third-order valence-corrected chi connectivity index (χ3v) is 3.28. The van der Waals surface area contributed by atoms with Crippen LogP contribution in [0.4, 0.5) is 0 Å². The van der Waals surface area contributed by atoms with Gasteiger partial charge in [-0.25, -0.2) is 14.7 Å². The Morgan fingerprint density at radius 1 is 1.39 bits per heavy atom. The van der Waals surface area contributed by atoms with Crippen molar-refractivity contribution in [1.82, 2.24) is 4.90 Å². The summed E-state index contributed by atoms with van der Waals surface area (Å²) in [5.74, 6) is -0.900. The van der Waals surface area contributed by atoms with E-state index in [0.717, 1.165) is 4.90 Å². The zero-order chi connectivity index (χ0) is 13.1. The first-order valence-electron chi connectivity index (χ1n) is 6.13. The van der Waals surface area contributed by atoms with Gasteiger partial charge < -0.3 is 0 Å². The van der Waals surface area contributed by atoms with Crippen LogP contribution in [0.15, 0.2) is 24.8 Å². The molecule has 0 aromatic carbocycles. The Labute approximate surface area is 106 Å². The van der Waals surface area contributed by atoms with Crippen LogP contribution in [0.25, 0.3) is 0 Å². The van der Waals surface area contributed by atoms with Crippen molar-refractivity contribution < 1.29 is 19.4 Å². The molecule has 1 fully saturated rings. The maximum Gasteiger partial charge on any atom is 0.235 e. The second-order valence-corrected chi connectivity index (χ2v) is 4.33. The van der Waals surface area contributed by atoms with Crippen LogP contribution < -0.4 is 0 Å². The minimum Gasteiger partial charge on any atom is -0.274 e. The molecule has 0 aromatic heterocycles. The zero-order valence-electron chi connectivity index (χ0n) is 10.4. The minimum absolute atomic E-state index is 0.195. The molecule has 5 nitrogen and oxygen atoms in total. The summed E-state index contributed by atoms with van der Waals surface area (Å²) in [4.78, 5) is 35.4. The highest BCUT2D eigenvalue weighted by Gasteiger charge is 2.49. The van der Waals surface area contributed by atoms with Crippen LogP contribution in [0.3, 0.4) is 0 Å². The van der Waals surface area contributed by atoms with Crippen LogP contribution in [-0.4, -0.2) is 29.5 Å². The normalized spacial score (nSPS) is 28.4. The summed E-state index contributed by atoms with van der Waals surface area (Å²) in [5.41, 5.74) is 0. The molecule has 2 amide bonds. The lowest BCUT2D eigenvalue weighted by Gasteiger charge is -2.22. The van der Waals surface area contributed by atoms with Crippen molar-refractivity contribution in [1.29, 1.82) is 0 Å². The van der Waals surface area contributed by atoms with Crippen molar-refractivity contribution in [3.8, 4) is 0 Å². The number of carbonyl (C=O) groups excluding carboxylic acids is 2. The van der Waals surface area contributed by atoms with Crippen molar-refractivity contribution in [2.45, 2.75) is 26.0 Å². The molecular weight excluding hydrogens is 234 g/mol. The highest BCUT2D eigenvalue weighted by Crippen LogP contribution is 2.36. The SMILES string of the molecule is C=CC(OOCC)N1C(=O)C2CC=CCC2C1=O. The lowest BCUT2D eigenvalue weighted by molar-refractivity contribution is -0.329. The van der Waals surface area contributed by atoms with Gasteiger partial charge in [-0.1, -0.05) is 18.7 Å². The second kappa shape index (κ2) is 5.46. The molecular formula is C13H17NO4. The Morgan fingerprint density at radius 2 is 1.94 bits per heavy atom. The summed E-state index contributed by atoms with van der Waals surface area (Å²) in [6.45, 7) is 5.68. The third-order valence-electron chi connectivity index (χ3n) is 3.28. The molecule has 2 aliphatic rings. The van der Waals surface area contributed by atoms with E-state index in [1.54, 1.807) is 6.92 Å². The largest absolute Gasteiger partial charge is 0.274 e. The van der Waals surface area contributed by atoms with Crippen LogP contribution in [0, 0.1) is 11.8 Å². The average molecular weight is 251 g/mol. The molecule has 0 spiro atoms. The van der Waals surface area contributed by atoms with Gasteiger partial charge in [0.05, 0.1) is 18.4 Å². The van der Waals surface area contributed by atoms with Gasteiger partial charge in [-0.05, 0) is 25.8 Å². The maximum absolute atomic E-state index is 12.2. The average Bonchev–Trinajstić information content (AvgIpc) is 2.65. The van der Waals surface area contributed by atoms with Crippen LogP contribution in [0.1, 0.15) is 19.8 Å². The number of likely N-dealkylation sites (tertiary alicyclic amines) is 1. The number of allylic oxidation sites excluding steroid dienone is 2. The standard InChI is InChI=1S/C13H17NO4/c1-3-11(18-17-4-2)14-12(15)9-7-5-6-8-10(9)13(14)16/h3,5-6,9-11H,1,4,7-8H2,2H3. The monoisotopic (exact) mass is 251 g/mol. The first-order valence-corrected chi connectivity index (χ1v) is 6.13. The summed E-state index contributed by atoms with van der Waals surface area (Å²) >= 11 is 0. The zero-order valence-corrected chi connectivity index (χ0v) is 10.4. The van der Waals surface area contributed by atoms with E-state index in [1.165, 1.54) is 6.08 Å². The predicted octanol–water partition coefficient (Wildman–Crippen LogP) is 1.42. The van der Waals surface area contributed by atoms with Crippen molar-refractivity contribution in [3.63, 3.8) is 0 Å². The predicted molar refractivity (Wildman–Crippen MR) is 63.9 cm³/mol. The molecule has 0 saturated carbocycles. The Morgan fingerprint density at radius 3 is 2.39 bits per heavy atom. The molecule has 1 heterocycles. The van der Waals surface area contributed by atoms with E-state index in [9.17, 15) is 9.59 Å². The number of fused-ring (bicyclic) bond motifs is 1. The first kappa shape index (κ1) is 13.0. The van der Waals surface area contributed by atoms with Crippen molar-refractivity contribution in [2.24, 2.45) is 11.8 Å². The molecule has 0 N–H and O–H groups in total. The van der Waals surface area contributed by atoms with Gasteiger partial charge in [0.2, 0.25) is 11.8 Å². The summed E-state index contributed by atoms with van der Waals surface area (Å²) in [5, 5.41) is 0. The lowest BCUT2D eigenvalue weighted by atomic mass is 9.85. The molecule has 1 aliphatic carbocycles. The Balaban J connectivity index is 2.15. The van der Waals surface area contributed by atoms with E-state index >= 15 is 0 Å². The molecule has 1 saturated heterocycles. The van der Waals surface area contributed by atoms with E-state index < -0.39 is 6.23 Å². The fraction of sp³-hybridized carbons (Fsp3) is 0.538. The van der Waals surface area contributed by atoms with Gasteiger partial charge in [0.15, 0.2) is 6.23 Å². The molecule has 98 valence electrons. The Kier molecular flexibility index (Phi) is 3.93. The van der Waals surface area contributed by atoms with Crippen molar-refractivity contribution in [3.05, 3.63) is 24.8 Å². The molecule has 0 bridgehead atoms. The van der Waals surface area contributed by atoms with E-state index in [0.29, 0.717) is 19.4 Å². The Bertz CT molecular complexity index is 364. The number of hydrogen-bond acceptors (Lipinski definition) is 4. The molecule has 5 heteroatoms. The van der Waals surface area contributed by atoms with Crippen LogP contribution in [-0.2, 0) is 19.4 Å². The molecule has 0 radical (unpaired) electrons. The number of carbonyl (C=O) groups is 2. The molecule has 0 aromatic rings. The number of amides is 2. The van der Waals surface area contributed by atoms with Gasteiger partial charge >= 0.3 is 0 Å². The third kappa shape index (κ3) is 2.11. The van der Waals surface area contributed by atoms with Crippen LogP contribution >= 0.6 is 0 Å². The summed E-state index contributed by atoms with van der Waals surface area (Å²) in [6, 6.07) is 0. The highest BCUT2D eigenvalue weighted by atomic mass is 17.2. The summed E-state index contributed by atoms with van der Waals surface area (Å²) < 4.78 is 0. The highest BCUT2D eigenvalue weighted by molar-refractivity contribution is 6.05. The fourth-order valence-corrected chi connectivity index (χ4v) is 2.40. The van der Waals surface area contributed by atoms with Gasteiger partial charge in [-0.15, -0.1) is 0 Å². The molecule has 3 unspecified atom stereocenters. The molecule has 18 heavy (non-hydrogen) atoms. The van der Waals surface area contributed by atoms with Crippen molar-refractivity contribution >= 4 is 11.8 Å². The second-order valence-electron chi connectivity index (χ2n) is 4.33. The number of nitrogens with zero attached hydrogens (tertiary/aromatic N) is 1. The smallest absolute Gasteiger partial charge is 0.235 e. The van der Waals surface area contributed by atoms with Gasteiger partial charge in [-0.2, -0.15) is 0 Å². The topological polar surface area (TPSA) is 55.8 Å². The molecule has 1 aliphatic heterocycles. The lowest BCUT2D eigenvalue weighted by Crippen LogP contribution is -2.41. The van der Waals surface area contributed by atoms with E-state index in [4.69, 9.17) is 9.78 Å². The van der Waals surface area contributed by atoms with Gasteiger partial charge in [-0.3, -0.25) is 9.59 Å². The van der Waals surface area contributed by atoms with E-state index in [1.807, 2.05) is 12.2 Å². The maximum atomic E-state index is 12.2. The Hall–Kier alpha value is -1.46. The van der Waals surface area contributed by atoms with Gasteiger partial charge in [0, 0.05) is 0 Å². The quantitative estimate of drug-likeness (QED) is 0.321. The summed E-state index contributed by atoms with van der Waals surface area (Å²) in [6.07, 6.45) is 5.69.